The summed E-state index contributed by atoms with van der Waals surface area (Å²) < 4.78 is 0. The molecule has 238 valence electrons. The Labute approximate surface area is 267 Å². The number of benzene rings is 1. The average molecular weight is 609 g/mol. The van der Waals surface area contributed by atoms with Gasteiger partial charge in [0, 0.05) is 55.5 Å². The van der Waals surface area contributed by atoms with Crippen molar-refractivity contribution in [1.29, 1.82) is 0 Å². The van der Waals surface area contributed by atoms with Crippen LogP contribution in [-0.4, -0.2) is 76.5 Å². The van der Waals surface area contributed by atoms with Crippen molar-refractivity contribution in [3.05, 3.63) is 92.7 Å². The highest BCUT2D eigenvalue weighted by Crippen LogP contribution is 2.39. The van der Waals surface area contributed by atoms with Crippen LogP contribution in [0.25, 0.3) is 17.2 Å². The van der Waals surface area contributed by atoms with E-state index in [0.29, 0.717) is 25.3 Å². The van der Waals surface area contributed by atoms with Crippen molar-refractivity contribution in [2.75, 3.05) is 33.7 Å². The van der Waals surface area contributed by atoms with E-state index >= 15 is 0 Å². The lowest BCUT2D eigenvalue weighted by Crippen LogP contribution is -2.38. The highest BCUT2D eigenvalue weighted by atomic mass is 16.3. The normalized spacial score (nSPS) is 22.3. The van der Waals surface area contributed by atoms with Crippen LogP contribution in [0.15, 0.2) is 59.0 Å². The maximum atomic E-state index is 13.9. The molecule has 3 aliphatic rings. The molecule has 4 atom stereocenters. The number of aryl methyl sites for hydroxylation is 1. The molecule has 1 fully saturated rings. The number of H-pyrrole nitrogens is 1. The maximum Gasteiger partial charge on any atom is 0.247 e. The number of allylic oxidation sites excluding steroid dienone is 1. The van der Waals surface area contributed by atoms with Crippen LogP contribution in [0.1, 0.15) is 74.0 Å². The van der Waals surface area contributed by atoms with E-state index in [9.17, 15) is 14.7 Å². The van der Waals surface area contributed by atoms with E-state index in [1.54, 1.807) is 6.20 Å². The molecule has 2 aliphatic carbocycles. The van der Waals surface area contributed by atoms with E-state index in [1.807, 2.05) is 20.2 Å². The summed E-state index contributed by atoms with van der Waals surface area (Å²) in [7, 11) is 4.04. The van der Waals surface area contributed by atoms with Crippen molar-refractivity contribution in [3.8, 4) is 11.1 Å². The van der Waals surface area contributed by atoms with Crippen molar-refractivity contribution in [1.82, 2.24) is 19.8 Å². The summed E-state index contributed by atoms with van der Waals surface area (Å²) in [4.78, 5) is 37.7. The van der Waals surface area contributed by atoms with Crippen LogP contribution >= 0.6 is 0 Å². The summed E-state index contributed by atoms with van der Waals surface area (Å²) in [6.45, 7) is 9.30. The summed E-state index contributed by atoms with van der Waals surface area (Å²) in [5.41, 5.74) is 8.89. The molecule has 0 saturated carbocycles. The second-order valence-electron chi connectivity index (χ2n) is 14.8. The van der Waals surface area contributed by atoms with E-state index in [4.69, 9.17) is 4.98 Å². The van der Waals surface area contributed by atoms with Crippen molar-refractivity contribution in [2.24, 2.45) is 11.3 Å². The molecule has 3 heterocycles. The predicted molar refractivity (Wildman–Crippen MR) is 180 cm³/mol. The van der Waals surface area contributed by atoms with Crippen LogP contribution < -0.4 is 5.56 Å². The molecular weight excluding hydrogens is 560 g/mol. The molecule has 0 unspecified atom stereocenters. The molecule has 0 radical (unpaired) electrons. The van der Waals surface area contributed by atoms with Crippen molar-refractivity contribution >= 4 is 11.9 Å². The van der Waals surface area contributed by atoms with Crippen LogP contribution in [0.3, 0.4) is 0 Å². The Kier molecular flexibility index (Phi) is 8.97. The van der Waals surface area contributed by atoms with Crippen molar-refractivity contribution in [2.45, 2.75) is 77.4 Å². The lowest BCUT2D eigenvalue weighted by Gasteiger charge is -2.34. The Morgan fingerprint density at radius 3 is 2.51 bits per heavy atom. The number of pyridine rings is 2. The fourth-order valence-corrected chi connectivity index (χ4v) is 7.48. The number of nitrogens with one attached hydrogen (secondary N) is 1. The molecule has 1 saturated heterocycles. The number of aliphatic hydroxyl groups excluding tert-OH is 1. The Balaban J connectivity index is 1.19. The largest absolute Gasteiger partial charge is 0.390 e. The second-order valence-corrected chi connectivity index (χ2v) is 14.8. The number of hydrogen-bond donors (Lipinski definition) is 2. The molecule has 2 N–H and O–H groups in total. The van der Waals surface area contributed by atoms with Gasteiger partial charge in [0.25, 0.3) is 0 Å². The molecule has 0 bridgehead atoms. The summed E-state index contributed by atoms with van der Waals surface area (Å²) in [5.74, 6) is 0.897. The first-order valence-corrected chi connectivity index (χ1v) is 16.6. The number of carbonyl (C=O) groups excluding carboxylic acids is 1. The Hall–Kier alpha value is -3.39. The smallest absolute Gasteiger partial charge is 0.247 e. The fraction of sp³-hybridized carbons (Fsp3) is 0.500. The monoisotopic (exact) mass is 608 g/mol. The van der Waals surface area contributed by atoms with Gasteiger partial charge in [0.05, 0.1) is 11.8 Å². The van der Waals surface area contributed by atoms with Crippen LogP contribution in [0.5, 0.6) is 0 Å². The molecular formula is C38H48N4O3. The highest BCUT2D eigenvalue weighted by molar-refractivity contribution is 6.02. The van der Waals surface area contributed by atoms with Crippen LogP contribution in [-0.2, 0) is 24.1 Å². The van der Waals surface area contributed by atoms with Gasteiger partial charge >= 0.3 is 0 Å². The number of rotatable bonds is 9. The molecule has 6 rings (SSSR count). The third-order valence-corrected chi connectivity index (χ3v) is 10.5. The fourth-order valence-electron chi connectivity index (χ4n) is 7.48. The molecule has 45 heavy (non-hydrogen) atoms. The molecule has 0 amide bonds. The SMILES string of the molecule is CN(C)[C@H]1CN(CC[C@@H](CC(=O)C2=Cc3cc4c(nc3C2)CC[C@H](C(C)(C)C)C4)c2ccc(-c3ccc(=O)[nH]c3)cc2)C[C@@H]1O. The Morgan fingerprint density at radius 2 is 1.84 bits per heavy atom. The Bertz CT molecular complexity index is 1610. The molecule has 3 aromatic rings. The number of Topliss-reactive ketones (excluding diaryl/α,β-unsaturated/α-hetero) is 1. The van der Waals surface area contributed by atoms with Gasteiger partial charge < -0.3 is 15.0 Å². The number of likely N-dealkylation sites (N-methyl/N-ethyl adjacent to an activating group) is 1. The minimum Gasteiger partial charge on any atom is -0.390 e. The van der Waals surface area contributed by atoms with Crippen molar-refractivity contribution in [3.63, 3.8) is 0 Å². The molecule has 1 aliphatic heterocycles. The molecule has 2 aromatic heterocycles. The topological polar surface area (TPSA) is 89.5 Å². The summed E-state index contributed by atoms with van der Waals surface area (Å²) in [5, 5.41) is 10.6. The lowest BCUT2D eigenvalue weighted by atomic mass is 9.71. The first-order chi connectivity index (χ1) is 21.4. The summed E-state index contributed by atoms with van der Waals surface area (Å²) in [6, 6.07) is 14.2. The number of aromatic nitrogens is 2. The highest BCUT2D eigenvalue weighted by Gasteiger charge is 2.34. The second kappa shape index (κ2) is 12.8. The molecule has 1 aromatic carbocycles. The number of β-amino-alcohol motifs (C(OH)–C–C–N with tert-alkyl or cyclic N) is 1. The number of likely N-dealkylation sites (tertiary alicyclic amines) is 1. The lowest BCUT2D eigenvalue weighted by molar-refractivity contribution is -0.116. The number of hydrogen-bond acceptors (Lipinski definition) is 6. The number of nitrogens with zero attached hydrogens (tertiary/aromatic N) is 3. The quantitative estimate of drug-likeness (QED) is 0.344. The summed E-state index contributed by atoms with van der Waals surface area (Å²) in [6.07, 6.45) is 8.61. The van der Waals surface area contributed by atoms with Crippen LogP contribution in [0, 0.1) is 11.3 Å². The van der Waals surface area contributed by atoms with Gasteiger partial charge in [0.15, 0.2) is 5.78 Å². The third kappa shape index (κ3) is 7.06. The van der Waals surface area contributed by atoms with Crippen LogP contribution in [0.4, 0.5) is 0 Å². The first-order valence-electron chi connectivity index (χ1n) is 16.6. The zero-order valence-corrected chi connectivity index (χ0v) is 27.5. The van der Waals surface area contributed by atoms with Gasteiger partial charge in [-0.05, 0) is 110 Å². The van der Waals surface area contributed by atoms with E-state index in [2.05, 4.69) is 72.0 Å². The number of fused-ring (bicyclic) bond motifs is 2. The number of ketones is 1. The zero-order chi connectivity index (χ0) is 31.9. The van der Waals surface area contributed by atoms with Gasteiger partial charge in [-0.25, -0.2) is 0 Å². The first kappa shape index (κ1) is 31.6. The maximum absolute atomic E-state index is 13.9. The molecule has 7 nitrogen and oxygen atoms in total. The van der Waals surface area contributed by atoms with Gasteiger partial charge in [-0.15, -0.1) is 0 Å². The van der Waals surface area contributed by atoms with E-state index in [0.717, 1.165) is 65.9 Å². The summed E-state index contributed by atoms with van der Waals surface area (Å²) >= 11 is 0. The zero-order valence-electron chi connectivity index (χ0n) is 27.5. The van der Waals surface area contributed by atoms with Gasteiger partial charge in [0.1, 0.15) is 0 Å². The molecule has 7 heteroatoms. The number of carbonyl (C=O) groups is 1. The van der Waals surface area contributed by atoms with E-state index in [1.165, 1.54) is 23.7 Å². The van der Waals surface area contributed by atoms with E-state index < -0.39 is 0 Å². The van der Waals surface area contributed by atoms with Crippen LogP contribution in [0.2, 0.25) is 0 Å². The predicted octanol–water partition coefficient (Wildman–Crippen LogP) is 5.27. The number of aliphatic hydroxyl groups is 1. The van der Waals surface area contributed by atoms with Gasteiger partial charge in [-0.1, -0.05) is 45.0 Å². The van der Waals surface area contributed by atoms with E-state index in [-0.39, 0.29) is 34.8 Å². The standard InChI is InChI=1S/C38H48N4O3/c1-38(2,3)31-11-12-32-29(18-31)16-28-17-30(19-33(28)40-32)35(43)20-26(14-15-42-22-34(41(4)5)36(44)23-42)24-6-8-25(9-7-24)27-10-13-37(45)39-21-27/h6-10,13,16-17,21,26,31,34,36,44H,11-12,14-15,18-20,22-23H2,1-5H3,(H,39,45)/t26-,31-,34-,36-/m0/s1. The van der Waals surface area contributed by atoms with Gasteiger partial charge in [0.2, 0.25) is 5.56 Å². The molecule has 0 spiro atoms. The van der Waals surface area contributed by atoms with Crippen molar-refractivity contribution < 1.29 is 9.90 Å². The van der Waals surface area contributed by atoms with Gasteiger partial charge in [-0.3, -0.25) is 19.5 Å². The Morgan fingerprint density at radius 1 is 1.09 bits per heavy atom. The average Bonchev–Trinajstić information content (AvgIpc) is 3.60. The minimum atomic E-state index is -0.365. The minimum absolute atomic E-state index is 0.0519. The number of aromatic amines is 1. The third-order valence-electron chi connectivity index (χ3n) is 10.5. The van der Waals surface area contributed by atoms with Gasteiger partial charge in [-0.2, -0.15) is 0 Å².